The normalized spacial score (nSPS) is 10.8. The van der Waals surface area contributed by atoms with E-state index in [9.17, 15) is 8.42 Å². The van der Waals surface area contributed by atoms with Gasteiger partial charge in [0.1, 0.15) is 5.02 Å². The lowest BCUT2D eigenvalue weighted by Gasteiger charge is -1.92. The van der Waals surface area contributed by atoms with Gasteiger partial charge in [-0.3, -0.25) is 4.55 Å². The van der Waals surface area contributed by atoms with Gasteiger partial charge in [-0.2, -0.15) is 8.42 Å². The van der Waals surface area contributed by atoms with Crippen molar-refractivity contribution in [1.82, 2.24) is 0 Å². The second-order valence-corrected chi connectivity index (χ2v) is 3.96. The molecule has 1 rings (SSSR count). The van der Waals surface area contributed by atoms with Crippen molar-refractivity contribution in [1.29, 1.82) is 5.39 Å². The van der Waals surface area contributed by atoms with E-state index in [4.69, 9.17) is 21.5 Å². The summed E-state index contributed by atoms with van der Waals surface area (Å²) in [6.07, 6.45) is 0. The Morgan fingerprint density at radius 2 is 2.08 bits per heavy atom. The minimum Gasteiger partial charge on any atom is -0.282 e. The lowest BCUT2D eigenvalue weighted by Crippen LogP contribution is -1.97. The fraction of sp³-hybridized carbons (Fsp3) is 0. The summed E-state index contributed by atoms with van der Waals surface area (Å²) in [5.74, 6) is 0. The molecule has 0 radical (unpaired) electrons. The monoisotopic (exact) mass is 219 g/mol. The molecule has 0 atom stereocenters. The molecule has 0 aliphatic heterocycles. The molecule has 1 N–H and O–H groups in total. The van der Waals surface area contributed by atoms with E-state index in [-0.39, 0.29) is 10.7 Å². The summed E-state index contributed by atoms with van der Waals surface area (Å²) in [5.41, 5.74) is -0.369. The van der Waals surface area contributed by atoms with Crippen LogP contribution in [0.1, 0.15) is 0 Å². The van der Waals surface area contributed by atoms with E-state index in [1.807, 2.05) is 0 Å². The quantitative estimate of drug-likeness (QED) is 0.579. The molecular weight excluding hydrogens is 216 g/mol. The van der Waals surface area contributed by atoms with Crippen LogP contribution in [0, 0.1) is 5.39 Å². The molecule has 0 saturated heterocycles. The van der Waals surface area contributed by atoms with Crippen LogP contribution in [-0.2, 0) is 10.1 Å². The van der Waals surface area contributed by atoms with Gasteiger partial charge >= 0.3 is 15.8 Å². The molecule has 0 aromatic heterocycles. The maximum absolute atomic E-state index is 10.7. The molecule has 0 aliphatic rings. The van der Waals surface area contributed by atoms with Crippen molar-refractivity contribution in [3.8, 4) is 0 Å². The molecule has 5 nitrogen and oxygen atoms in total. The molecule has 0 heterocycles. The Balaban J connectivity index is 3.59. The van der Waals surface area contributed by atoms with Gasteiger partial charge in [-0.25, -0.2) is 0 Å². The molecule has 0 fully saturated rings. The number of benzene rings is 1. The van der Waals surface area contributed by atoms with Crippen LogP contribution in [0.15, 0.2) is 23.1 Å². The first kappa shape index (κ1) is 9.92. The molecule has 0 spiro atoms. The van der Waals surface area contributed by atoms with E-state index in [0.29, 0.717) is 0 Å². The Kier molecular flexibility index (Phi) is 2.52. The average molecular weight is 220 g/mol. The van der Waals surface area contributed by atoms with Crippen molar-refractivity contribution < 1.29 is 13.0 Å². The summed E-state index contributed by atoms with van der Waals surface area (Å²) in [5, 5.41) is 8.37. The number of diazo groups is 1. The zero-order chi connectivity index (χ0) is 10.1. The second kappa shape index (κ2) is 3.30. The first-order valence-corrected chi connectivity index (χ1v) is 4.89. The van der Waals surface area contributed by atoms with Gasteiger partial charge in [0.2, 0.25) is 5.39 Å². The van der Waals surface area contributed by atoms with Gasteiger partial charge in [-0.05, 0) is 12.1 Å². The number of hydrogen-bond donors (Lipinski definition) is 1. The minimum atomic E-state index is -4.41. The van der Waals surface area contributed by atoms with Gasteiger partial charge in [-0.1, -0.05) is 17.7 Å². The fourth-order valence-electron chi connectivity index (χ4n) is 0.801. The first-order chi connectivity index (χ1) is 5.96. The Bertz CT molecular complexity index is 477. The summed E-state index contributed by atoms with van der Waals surface area (Å²) in [7, 11) is -4.41. The highest BCUT2D eigenvalue weighted by Gasteiger charge is 2.27. The largest absolute Gasteiger partial charge is 0.424 e. The van der Waals surface area contributed by atoms with Crippen LogP contribution in [0.2, 0.25) is 5.02 Å². The van der Waals surface area contributed by atoms with Crippen LogP contribution < -0.4 is 0 Å². The standard InChI is InChI=1S/C6H3ClN2O3S/c7-4-2-1-3-5(6(4)9-8)13(10,11)12/h1-3H/p+1. The van der Waals surface area contributed by atoms with Crippen LogP contribution in [0.25, 0.3) is 4.98 Å². The van der Waals surface area contributed by atoms with E-state index < -0.39 is 15.0 Å². The Morgan fingerprint density at radius 3 is 2.46 bits per heavy atom. The van der Waals surface area contributed by atoms with Gasteiger partial charge in [0, 0.05) is 0 Å². The number of hydrogen-bond acceptors (Lipinski definition) is 3. The summed E-state index contributed by atoms with van der Waals surface area (Å²) in [6.45, 7) is 0. The lowest BCUT2D eigenvalue weighted by molar-refractivity contribution is 0.483. The van der Waals surface area contributed by atoms with Gasteiger partial charge in [0.05, 0.1) is 0 Å². The van der Waals surface area contributed by atoms with Crippen LogP contribution in [0.5, 0.6) is 0 Å². The molecule has 0 bridgehead atoms. The number of halogens is 1. The molecule has 0 amide bonds. The molecule has 68 valence electrons. The molecule has 1 aromatic rings. The highest BCUT2D eigenvalue weighted by molar-refractivity contribution is 7.86. The van der Waals surface area contributed by atoms with Gasteiger partial charge in [0.15, 0.2) is 9.87 Å². The second-order valence-electron chi connectivity index (χ2n) is 2.16. The van der Waals surface area contributed by atoms with Crippen molar-refractivity contribution >= 4 is 27.4 Å². The van der Waals surface area contributed by atoms with Crippen LogP contribution >= 0.6 is 11.6 Å². The van der Waals surface area contributed by atoms with Crippen molar-refractivity contribution in [3.05, 3.63) is 28.2 Å². The van der Waals surface area contributed by atoms with Crippen molar-refractivity contribution in [2.45, 2.75) is 4.90 Å². The summed E-state index contributed by atoms with van der Waals surface area (Å²) in [6, 6.07) is 3.74. The molecule has 0 unspecified atom stereocenters. The third-order valence-electron chi connectivity index (χ3n) is 1.33. The molecule has 0 saturated carbocycles. The highest BCUT2D eigenvalue weighted by atomic mass is 35.5. The SMILES string of the molecule is N#[N+]c1c(Cl)cccc1S(=O)(=O)O. The summed E-state index contributed by atoms with van der Waals surface area (Å²) < 4.78 is 30.0. The van der Waals surface area contributed by atoms with E-state index in [2.05, 4.69) is 4.98 Å². The topological polar surface area (TPSA) is 82.5 Å². The lowest BCUT2D eigenvalue weighted by atomic mass is 10.3. The zero-order valence-corrected chi connectivity index (χ0v) is 7.75. The van der Waals surface area contributed by atoms with Gasteiger partial charge in [0.25, 0.3) is 0 Å². The Hall–Kier alpha value is -1.16. The van der Waals surface area contributed by atoms with E-state index in [1.54, 1.807) is 0 Å². The van der Waals surface area contributed by atoms with Crippen LogP contribution in [0.4, 0.5) is 5.69 Å². The van der Waals surface area contributed by atoms with Crippen LogP contribution in [-0.4, -0.2) is 13.0 Å². The first-order valence-electron chi connectivity index (χ1n) is 3.08. The molecule has 13 heavy (non-hydrogen) atoms. The predicted octanol–water partition coefficient (Wildman–Crippen LogP) is 2.07. The van der Waals surface area contributed by atoms with Crippen molar-refractivity contribution in [2.75, 3.05) is 0 Å². The average Bonchev–Trinajstić information content (AvgIpc) is 2.02. The van der Waals surface area contributed by atoms with Gasteiger partial charge in [-0.15, -0.1) is 0 Å². The Labute approximate surface area is 79.3 Å². The van der Waals surface area contributed by atoms with Crippen molar-refractivity contribution in [3.63, 3.8) is 0 Å². The van der Waals surface area contributed by atoms with E-state index >= 15 is 0 Å². The smallest absolute Gasteiger partial charge is 0.282 e. The third kappa shape index (κ3) is 1.95. The maximum Gasteiger partial charge on any atom is 0.424 e. The van der Waals surface area contributed by atoms with Crippen molar-refractivity contribution in [2.24, 2.45) is 0 Å². The summed E-state index contributed by atoms with van der Waals surface area (Å²) >= 11 is 5.51. The number of nitrogens with zero attached hydrogens (tertiary/aromatic N) is 2. The minimum absolute atomic E-state index is 0.0578. The summed E-state index contributed by atoms with van der Waals surface area (Å²) in [4.78, 5) is 2.14. The number of rotatable bonds is 1. The molecular formula is C6H4ClN2O3S+. The molecule has 1 aromatic carbocycles. The Morgan fingerprint density at radius 1 is 1.46 bits per heavy atom. The van der Waals surface area contributed by atoms with Gasteiger partial charge < -0.3 is 0 Å². The van der Waals surface area contributed by atoms with E-state index in [0.717, 1.165) is 6.07 Å². The fourth-order valence-corrected chi connectivity index (χ4v) is 1.71. The maximum atomic E-state index is 10.7. The molecule has 7 heteroatoms. The third-order valence-corrected chi connectivity index (χ3v) is 2.52. The molecule has 0 aliphatic carbocycles. The van der Waals surface area contributed by atoms with Crippen LogP contribution in [0.3, 0.4) is 0 Å². The predicted molar refractivity (Wildman–Crippen MR) is 46.0 cm³/mol. The zero-order valence-electron chi connectivity index (χ0n) is 6.18. The van der Waals surface area contributed by atoms with E-state index in [1.165, 1.54) is 12.1 Å². The highest BCUT2D eigenvalue weighted by Crippen LogP contribution is 2.31.